The predicted octanol–water partition coefficient (Wildman–Crippen LogP) is 4.90. The summed E-state index contributed by atoms with van der Waals surface area (Å²) in [6.45, 7) is 0. The summed E-state index contributed by atoms with van der Waals surface area (Å²) in [5.41, 5.74) is 1.50. The lowest BCUT2D eigenvalue weighted by Gasteiger charge is -2.10. The number of rotatable bonds is 4. The minimum atomic E-state index is -2.36. The zero-order valence-corrected chi connectivity index (χ0v) is 14.0. The van der Waals surface area contributed by atoms with Crippen LogP contribution in [0.5, 0.6) is 11.5 Å². The Hall–Kier alpha value is -3.42. The van der Waals surface area contributed by atoms with Gasteiger partial charge in [-0.15, -0.1) is 0 Å². The maximum Gasteiger partial charge on any atom is 0.316 e. The monoisotopic (exact) mass is 394 g/mol. The van der Waals surface area contributed by atoms with Crippen LogP contribution in [-0.2, 0) is 11.2 Å². The standard InChI is InChI=1S/C20H11F5O3/c21-15-16(22)18(24)20(19(25)17(15)23)28-14(27)9-12-7-6-11(8-13(12)26)10-4-2-1-3-5-10/h1-8,26H,9H2. The van der Waals surface area contributed by atoms with Crippen molar-refractivity contribution in [2.75, 3.05) is 0 Å². The lowest BCUT2D eigenvalue weighted by atomic mass is 10.0. The number of carbonyl (C=O) groups excluding carboxylic acids is 1. The van der Waals surface area contributed by atoms with Gasteiger partial charge in [-0.05, 0) is 17.2 Å². The number of benzene rings is 3. The molecule has 0 heterocycles. The van der Waals surface area contributed by atoms with Gasteiger partial charge in [0.2, 0.25) is 34.8 Å². The average Bonchev–Trinajstić information content (AvgIpc) is 2.70. The van der Waals surface area contributed by atoms with Crippen molar-refractivity contribution in [1.29, 1.82) is 0 Å². The van der Waals surface area contributed by atoms with Gasteiger partial charge in [-0.3, -0.25) is 4.79 Å². The van der Waals surface area contributed by atoms with Gasteiger partial charge in [0.1, 0.15) is 5.75 Å². The Bertz CT molecular complexity index is 1020. The van der Waals surface area contributed by atoms with Crippen LogP contribution in [0.4, 0.5) is 22.0 Å². The van der Waals surface area contributed by atoms with E-state index in [4.69, 9.17) is 0 Å². The number of hydrogen-bond acceptors (Lipinski definition) is 3. The highest BCUT2D eigenvalue weighted by molar-refractivity contribution is 5.77. The Morgan fingerprint density at radius 3 is 1.93 bits per heavy atom. The van der Waals surface area contributed by atoms with Gasteiger partial charge in [0.25, 0.3) is 0 Å². The maximum absolute atomic E-state index is 13.6. The van der Waals surface area contributed by atoms with Crippen molar-refractivity contribution in [3.8, 4) is 22.6 Å². The van der Waals surface area contributed by atoms with Crippen molar-refractivity contribution in [3.63, 3.8) is 0 Å². The molecule has 0 radical (unpaired) electrons. The lowest BCUT2D eigenvalue weighted by molar-refractivity contribution is -0.134. The second-order valence-corrected chi connectivity index (χ2v) is 5.76. The quantitative estimate of drug-likeness (QED) is 0.225. The van der Waals surface area contributed by atoms with E-state index in [-0.39, 0.29) is 11.3 Å². The SMILES string of the molecule is O=C(Cc1ccc(-c2ccccc2)cc1O)Oc1c(F)c(F)c(F)c(F)c1F. The maximum atomic E-state index is 13.6. The van der Waals surface area contributed by atoms with Crippen LogP contribution >= 0.6 is 0 Å². The molecular weight excluding hydrogens is 383 g/mol. The highest BCUT2D eigenvalue weighted by Crippen LogP contribution is 2.30. The van der Waals surface area contributed by atoms with E-state index in [1.165, 1.54) is 12.1 Å². The second kappa shape index (κ2) is 7.67. The van der Waals surface area contributed by atoms with E-state index in [2.05, 4.69) is 4.74 Å². The largest absolute Gasteiger partial charge is 0.508 e. The first kappa shape index (κ1) is 19.3. The Balaban J connectivity index is 1.81. The van der Waals surface area contributed by atoms with Crippen LogP contribution in [0, 0.1) is 29.1 Å². The molecule has 0 aromatic heterocycles. The predicted molar refractivity (Wildman–Crippen MR) is 89.1 cm³/mol. The van der Waals surface area contributed by atoms with Crippen molar-refractivity contribution in [3.05, 3.63) is 83.2 Å². The Kier molecular flexibility index (Phi) is 5.30. The Labute approximate surface area is 155 Å². The highest BCUT2D eigenvalue weighted by Gasteiger charge is 2.28. The fraction of sp³-hybridized carbons (Fsp3) is 0.0500. The van der Waals surface area contributed by atoms with E-state index in [9.17, 15) is 31.9 Å². The van der Waals surface area contributed by atoms with Crippen LogP contribution in [0.15, 0.2) is 48.5 Å². The van der Waals surface area contributed by atoms with Crippen molar-refractivity contribution < 1.29 is 36.6 Å². The van der Waals surface area contributed by atoms with Gasteiger partial charge in [-0.25, -0.2) is 13.2 Å². The summed E-state index contributed by atoms with van der Waals surface area (Å²) in [5.74, 6) is -14.6. The van der Waals surface area contributed by atoms with E-state index >= 15 is 0 Å². The van der Waals surface area contributed by atoms with Crippen LogP contribution in [0.2, 0.25) is 0 Å². The minimum Gasteiger partial charge on any atom is -0.508 e. The summed E-state index contributed by atoms with van der Waals surface area (Å²) in [7, 11) is 0. The number of esters is 1. The molecule has 3 aromatic carbocycles. The third kappa shape index (κ3) is 3.66. The van der Waals surface area contributed by atoms with Crippen LogP contribution in [0.3, 0.4) is 0 Å². The average molecular weight is 394 g/mol. The molecule has 8 heteroatoms. The van der Waals surface area contributed by atoms with Gasteiger partial charge < -0.3 is 9.84 Å². The molecule has 0 fully saturated rings. The number of phenolic OH excluding ortho intramolecular Hbond substituents is 1. The van der Waals surface area contributed by atoms with E-state index in [0.717, 1.165) is 5.56 Å². The summed E-state index contributed by atoms with van der Waals surface area (Å²) in [4.78, 5) is 11.9. The number of halogens is 5. The molecule has 0 amide bonds. The molecule has 0 spiro atoms. The zero-order valence-electron chi connectivity index (χ0n) is 14.0. The van der Waals surface area contributed by atoms with Crippen molar-refractivity contribution in [2.24, 2.45) is 0 Å². The molecule has 3 nitrogen and oxygen atoms in total. The Morgan fingerprint density at radius 1 is 0.786 bits per heavy atom. The topological polar surface area (TPSA) is 46.5 Å². The van der Waals surface area contributed by atoms with E-state index in [0.29, 0.717) is 5.56 Å². The molecule has 0 unspecified atom stereocenters. The number of aromatic hydroxyl groups is 1. The van der Waals surface area contributed by atoms with Gasteiger partial charge in [0.15, 0.2) is 0 Å². The van der Waals surface area contributed by atoms with E-state index < -0.39 is 47.2 Å². The number of phenols is 1. The van der Waals surface area contributed by atoms with Gasteiger partial charge in [0.05, 0.1) is 6.42 Å². The van der Waals surface area contributed by atoms with Gasteiger partial charge in [0, 0.05) is 5.56 Å². The van der Waals surface area contributed by atoms with Crippen LogP contribution in [0.1, 0.15) is 5.56 Å². The first-order chi connectivity index (χ1) is 13.3. The molecule has 1 N–H and O–H groups in total. The second-order valence-electron chi connectivity index (χ2n) is 5.76. The minimum absolute atomic E-state index is 0.0496. The summed E-state index contributed by atoms with van der Waals surface area (Å²) in [6, 6.07) is 13.3. The molecule has 3 rings (SSSR count). The van der Waals surface area contributed by atoms with Crippen molar-refractivity contribution in [1.82, 2.24) is 0 Å². The van der Waals surface area contributed by atoms with Crippen molar-refractivity contribution >= 4 is 5.97 Å². The van der Waals surface area contributed by atoms with Crippen LogP contribution < -0.4 is 4.74 Å². The Morgan fingerprint density at radius 2 is 1.36 bits per heavy atom. The number of carbonyl (C=O) groups is 1. The molecule has 0 saturated heterocycles. The molecule has 3 aromatic rings. The molecule has 0 bridgehead atoms. The molecular formula is C20H11F5O3. The molecule has 0 aliphatic carbocycles. The van der Waals surface area contributed by atoms with E-state index in [1.807, 2.05) is 6.07 Å². The first-order valence-corrected chi connectivity index (χ1v) is 7.89. The normalized spacial score (nSPS) is 10.8. The number of hydrogen-bond donors (Lipinski definition) is 1. The lowest BCUT2D eigenvalue weighted by Crippen LogP contribution is -2.15. The molecule has 0 aliphatic heterocycles. The molecule has 28 heavy (non-hydrogen) atoms. The fourth-order valence-corrected chi connectivity index (χ4v) is 2.50. The third-order valence-corrected chi connectivity index (χ3v) is 3.91. The fourth-order valence-electron chi connectivity index (χ4n) is 2.50. The van der Waals surface area contributed by atoms with Gasteiger partial charge >= 0.3 is 5.97 Å². The van der Waals surface area contributed by atoms with Gasteiger partial charge in [-0.2, -0.15) is 8.78 Å². The molecule has 0 aliphatic rings. The summed E-state index contributed by atoms with van der Waals surface area (Å²) >= 11 is 0. The molecule has 0 saturated carbocycles. The van der Waals surface area contributed by atoms with Gasteiger partial charge in [-0.1, -0.05) is 42.5 Å². The van der Waals surface area contributed by atoms with E-state index in [1.54, 1.807) is 30.3 Å². The zero-order chi connectivity index (χ0) is 20.4. The van der Waals surface area contributed by atoms with Crippen LogP contribution in [-0.4, -0.2) is 11.1 Å². The number of ether oxygens (including phenoxy) is 1. The highest BCUT2D eigenvalue weighted by atomic mass is 19.2. The van der Waals surface area contributed by atoms with Crippen LogP contribution in [0.25, 0.3) is 11.1 Å². The summed E-state index contributed by atoms with van der Waals surface area (Å²) in [6.07, 6.45) is -0.652. The first-order valence-electron chi connectivity index (χ1n) is 7.89. The molecule has 144 valence electrons. The molecule has 0 atom stereocenters. The summed E-state index contributed by atoms with van der Waals surface area (Å²) in [5, 5.41) is 10.1. The van der Waals surface area contributed by atoms with Crippen molar-refractivity contribution in [2.45, 2.75) is 6.42 Å². The summed E-state index contributed by atoms with van der Waals surface area (Å²) < 4.78 is 70.8. The third-order valence-electron chi connectivity index (χ3n) is 3.91. The smallest absolute Gasteiger partial charge is 0.316 e.